The van der Waals surface area contributed by atoms with E-state index in [2.05, 4.69) is 9.97 Å². The zero-order valence-corrected chi connectivity index (χ0v) is 11.7. The molecule has 1 fully saturated rings. The smallest absolute Gasteiger partial charge is 0.398 e. The number of pyridine rings is 2. The van der Waals surface area contributed by atoms with Crippen molar-refractivity contribution in [3.05, 3.63) is 30.5 Å². The number of nitrogens with zero attached hydrogens (tertiary/aromatic N) is 2. The van der Waals surface area contributed by atoms with Crippen LogP contribution in [-0.4, -0.2) is 28.3 Å². The zero-order chi connectivity index (χ0) is 13.7. The van der Waals surface area contributed by atoms with Crippen LogP contribution in [0.3, 0.4) is 0 Å². The maximum absolute atomic E-state index is 5.99. The van der Waals surface area contributed by atoms with Crippen molar-refractivity contribution in [3.8, 4) is 0 Å². The maximum atomic E-state index is 5.99. The van der Waals surface area contributed by atoms with Gasteiger partial charge in [0.2, 0.25) is 0 Å². The summed E-state index contributed by atoms with van der Waals surface area (Å²) >= 11 is 0. The minimum absolute atomic E-state index is 0.344. The van der Waals surface area contributed by atoms with Crippen molar-refractivity contribution >= 4 is 23.7 Å². The fourth-order valence-corrected chi connectivity index (χ4v) is 2.07. The van der Waals surface area contributed by atoms with E-state index in [9.17, 15) is 0 Å². The van der Waals surface area contributed by atoms with Gasteiger partial charge in [-0.05, 0) is 52.0 Å². The van der Waals surface area contributed by atoms with E-state index >= 15 is 0 Å². The van der Waals surface area contributed by atoms with Gasteiger partial charge in [0.05, 0.1) is 27.8 Å². The molecule has 0 atom stereocenters. The Bertz CT molecular complexity index is 612. The van der Waals surface area contributed by atoms with Crippen molar-refractivity contribution in [1.82, 2.24) is 9.97 Å². The second kappa shape index (κ2) is 4.02. The molecule has 4 nitrogen and oxygen atoms in total. The van der Waals surface area contributed by atoms with Crippen molar-refractivity contribution < 1.29 is 9.31 Å². The standard InChI is InChI=1S/C14H17BN2O2/c1-13(2)14(3,4)19-15(18-13)12-8-7-10-11(17-12)6-5-9-16-10/h5-9H,1-4H3. The van der Waals surface area contributed by atoms with E-state index in [-0.39, 0.29) is 11.2 Å². The molecule has 0 N–H and O–H groups in total. The Kier molecular flexibility index (Phi) is 2.66. The Hall–Kier alpha value is -1.46. The summed E-state index contributed by atoms with van der Waals surface area (Å²) in [6, 6.07) is 7.68. The molecule has 3 rings (SSSR count). The summed E-state index contributed by atoms with van der Waals surface area (Å²) < 4.78 is 12.0. The van der Waals surface area contributed by atoms with Gasteiger partial charge in [-0.2, -0.15) is 0 Å². The molecule has 2 aromatic heterocycles. The Morgan fingerprint density at radius 3 is 2.32 bits per heavy atom. The molecule has 0 aliphatic carbocycles. The number of fused-ring (bicyclic) bond motifs is 1. The molecule has 3 heterocycles. The summed E-state index contributed by atoms with van der Waals surface area (Å²) in [7, 11) is -0.422. The molecule has 0 amide bonds. The monoisotopic (exact) mass is 256 g/mol. The molecular weight excluding hydrogens is 239 g/mol. The van der Waals surface area contributed by atoms with Gasteiger partial charge in [-0.1, -0.05) is 0 Å². The summed E-state index contributed by atoms with van der Waals surface area (Å²) in [4.78, 5) is 8.84. The van der Waals surface area contributed by atoms with Crippen LogP contribution in [0.5, 0.6) is 0 Å². The molecule has 1 aliphatic rings. The fraction of sp³-hybridized carbons (Fsp3) is 0.429. The summed E-state index contributed by atoms with van der Waals surface area (Å²) in [6.45, 7) is 8.15. The van der Waals surface area contributed by atoms with E-state index < -0.39 is 7.12 Å². The van der Waals surface area contributed by atoms with Gasteiger partial charge in [-0.25, -0.2) is 0 Å². The second-order valence-corrected chi connectivity index (χ2v) is 5.87. The average molecular weight is 256 g/mol. The van der Waals surface area contributed by atoms with Crippen LogP contribution >= 0.6 is 0 Å². The van der Waals surface area contributed by atoms with E-state index in [0.717, 1.165) is 16.6 Å². The third-order valence-corrected chi connectivity index (χ3v) is 3.97. The van der Waals surface area contributed by atoms with Crippen molar-refractivity contribution in [2.24, 2.45) is 0 Å². The third-order valence-electron chi connectivity index (χ3n) is 3.97. The van der Waals surface area contributed by atoms with Crippen LogP contribution in [0.1, 0.15) is 27.7 Å². The van der Waals surface area contributed by atoms with Crippen LogP contribution in [0.15, 0.2) is 30.5 Å². The highest BCUT2D eigenvalue weighted by molar-refractivity contribution is 6.61. The molecular formula is C14H17BN2O2. The highest BCUT2D eigenvalue weighted by atomic mass is 16.7. The Morgan fingerprint density at radius 2 is 1.63 bits per heavy atom. The minimum Gasteiger partial charge on any atom is -0.398 e. The first-order valence-electron chi connectivity index (χ1n) is 6.46. The zero-order valence-electron chi connectivity index (χ0n) is 11.7. The maximum Gasteiger partial charge on any atom is 0.514 e. The predicted octanol–water partition coefficient (Wildman–Crippen LogP) is 1.93. The van der Waals surface area contributed by atoms with Crippen LogP contribution in [0, 0.1) is 0 Å². The largest absolute Gasteiger partial charge is 0.514 e. The lowest BCUT2D eigenvalue weighted by Crippen LogP contribution is -2.41. The van der Waals surface area contributed by atoms with Gasteiger partial charge >= 0.3 is 7.12 Å². The van der Waals surface area contributed by atoms with E-state index in [1.54, 1.807) is 6.20 Å². The van der Waals surface area contributed by atoms with Crippen LogP contribution in [0.2, 0.25) is 0 Å². The van der Waals surface area contributed by atoms with Gasteiger partial charge in [-0.15, -0.1) is 0 Å². The highest BCUT2D eigenvalue weighted by Crippen LogP contribution is 2.36. The topological polar surface area (TPSA) is 44.2 Å². The number of hydrogen-bond donors (Lipinski definition) is 0. The minimum atomic E-state index is -0.422. The lowest BCUT2D eigenvalue weighted by atomic mass is 9.84. The van der Waals surface area contributed by atoms with Crippen LogP contribution in [-0.2, 0) is 9.31 Å². The average Bonchev–Trinajstić information content (AvgIpc) is 2.58. The predicted molar refractivity (Wildman–Crippen MR) is 75.3 cm³/mol. The normalized spacial score (nSPS) is 20.9. The Balaban J connectivity index is 1.98. The lowest BCUT2D eigenvalue weighted by Gasteiger charge is -2.32. The molecule has 5 heteroatoms. The van der Waals surface area contributed by atoms with Crippen molar-refractivity contribution in [3.63, 3.8) is 0 Å². The van der Waals surface area contributed by atoms with Gasteiger partial charge in [0.15, 0.2) is 0 Å². The van der Waals surface area contributed by atoms with Crippen molar-refractivity contribution in [1.29, 1.82) is 0 Å². The van der Waals surface area contributed by atoms with Crippen molar-refractivity contribution in [2.45, 2.75) is 38.9 Å². The molecule has 0 saturated carbocycles. The molecule has 0 spiro atoms. The molecule has 1 aliphatic heterocycles. The van der Waals surface area contributed by atoms with Crippen molar-refractivity contribution in [2.75, 3.05) is 0 Å². The summed E-state index contributed by atoms with van der Waals surface area (Å²) in [5.74, 6) is 0. The lowest BCUT2D eigenvalue weighted by molar-refractivity contribution is 0.00578. The first kappa shape index (κ1) is 12.6. The van der Waals surface area contributed by atoms with E-state index in [4.69, 9.17) is 9.31 Å². The van der Waals surface area contributed by atoms with Gasteiger partial charge in [0, 0.05) is 6.20 Å². The van der Waals surface area contributed by atoms with E-state index in [1.807, 2.05) is 52.0 Å². The van der Waals surface area contributed by atoms with Gasteiger partial charge < -0.3 is 9.31 Å². The molecule has 0 unspecified atom stereocenters. The quantitative estimate of drug-likeness (QED) is 0.731. The van der Waals surface area contributed by atoms with Gasteiger partial charge in [0.1, 0.15) is 0 Å². The van der Waals surface area contributed by atoms with E-state index in [1.165, 1.54) is 0 Å². The number of hydrogen-bond acceptors (Lipinski definition) is 4. The second-order valence-electron chi connectivity index (χ2n) is 5.87. The number of rotatable bonds is 1. The molecule has 19 heavy (non-hydrogen) atoms. The van der Waals surface area contributed by atoms with Crippen LogP contribution in [0.25, 0.3) is 11.0 Å². The fourth-order valence-electron chi connectivity index (χ4n) is 2.07. The summed E-state index contributed by atoms with van der Waals surface area (Å²) in [5.41, 5.74) is 1.84. The molecule has 2 aromatic rings. The number of aromatic nitrogens is 2. The SMILES string of the molecule is CC1(C)OB(c2ccc3ncccc3n2)OC1(C)C. The Labute approximate surface area is 113 Å². The first-order chi connectivity index (χ1) is 8.89. The molecule has 0 bridgehead atoms. The highest BCUT2D eigenvalue weighted by Gasteiger charge is 2.52. The first-order valence-corrected chi connectivity index (χ1v) is 6.46. The molecule has 1 saturated heterocycles. The van der Waals surface area contributed by atoms with Gasteiger partial charge in [0.25, 0.3) is 0 Å². The molecule has 0 radical (unpaired) electrons. The molecule has 98 valence electrons. The van der Waals surface area contributed by atoms with Gasteiger partial charge in [-0.3, -0.25) is 9.97 Å². The summed E-state index contributed by atoms with van der Waals surface area (Å²) in [6.07, 6.45) is 1.76. The Morgan fingerprint density at radius 1 is 0.947 bits per heavy atom. The third kappa shape index (κ3) is 2.03. The van der Waals surface area contributed by atoms with E-state index in [0.29, 0.717) is 0 Å². The molecule has 0 aromatic carbocycles. The van der Waals surface area contributed by atoms with Crippen LogP contribution < -0.4 is 5.59 Å². The summed E-state index contributed by atoms with van der Waals surface area (Å²) in [5, 5.41) is 0. The van der Waals surface area contributed by atoms with Crippen LogP contribution in [0.4, 0.5) is 0 Å².